The molecule has 1 saturated heterocycles. The molecule has 0 aromatic carbocycles. The van der Waals surface area contributed by atoms with Gasteiger partial charge in [0.05, 0.1) is 18.7 Å². The Kier molecular flexibility index (Phi) is 4.64. The van der Waals surface area contributed by atoms with Gasteiger partial charge in [0.2, 0.25) is 17.7 Å². The minimum absolute atomic E-state index is 0.0383. The van der Waals surface area contributed by atoms with Crippen molar-refractivity contribution in [3.63, 3.8) is 0 Å². The van der Waals surface area contributed by atoms with Gasteiger partial charge in [-0.15, -0.1) is 0 Å². The number of amides is 3. The number of hydrogen-bond acceptors (Lipinski definition) is 4. The number of likely N-dealkylation sites (tertiary alicyclic amines) is 1. The summed E-state index contributed by atoms with van der Waals surface area (Å²) in [5, 5.41) is 5.58. The van der Waals surface area contributed by atoms with E-state index in [4.69, 9.17) is 4.42 Å². The molecule has 2 heterocycles. The van der Waals surface area contributed by atoms with Crippen molar-refractivity contribution in [3.05, 3.63) is 24.2 Å². The van der Waals surface area contributed by atoms with E-state index in [1.807, 2.05) is 6.07 Å². The Hall–Kier alpha value is -2.31. The summed E-state index contributed by atoms with van der Waals surface area (Å²) in [5.41, 5.74) is 0. The van der Waals surface area contributed by atoms with E-state index < -0.39 is 0 Å². The van der Waals surface area contributed by atoms with Gasteiger partial charge >= 0.3 is 0 Å². The first-order chi connectivity index (χ1) is 11.1. The topological polar surface area (TPSA) is 91.7 Å². The number of nitrogens with zero attached hydrogens (tertiary/aromatic N) is 1. The van der Waals surface area contributed by atoms with Gasteiger partial charge in [-0.25, -0.2) is 0 Å². The Morgan fingerprint density at radius 2 is 1.87 bits per heavy atom. The minimum Gasteiger partial charge on any atom is -0.467 e. The lowest BCUT2D eigenvalue weighted by atomic mass is 10.1. The Morgan fingerprint density at radius 3 is 2.48 bits per heavy atom. The van der Waals surface area contributed by atoms with Crippen LogP contribution in [0.5, 0.6) is 0 Å². The third kappa shape index (κ3) is 4.12. The van der Waals surface area contributed by atoms with Gasteiger partial charge in [-0.1, -0.05) is 0 Å². The Balaban J connectivity index is 1.37. The van der Waals surface area contributed by atoms with Gasteiger partial charge in [-0.05, 0) is 25.0 Å². The second-order valence-corrected chi connectivity index (χ2v) is 6.11. The van der Waals surface area contributed by atoms with Crippen molar-refractivity contribution < 1.29 is 18.8 Å². The number of nitrogens with one attached hydrogen (secondary N) is 2. The predicted molar refractivity (Wildman–Crippen MR) is 81.0 cm³/mol. The molecule has 0 bridgehead atoms. The molecule has 0 unspecified atom stereocenters. The van der Waals surface area contributed by atoms with Crippen LogP contribution in [-0.4, -0.2) is 42.3 Å². The average Bonchev–Trinajstić information content (AvgIpc) is 3.15. The van der Waals surface area contributed by atoms with Crippen LogP contribution in [0.25, 0.3) is 0 Å². The first-order valence-corrected chi connectivity index (χ1v) is 7.99. The van der Waals surface area contributed by atoms with Crippen molar-refractivity contribution in [1.82, 2.24) is 15.5 Å². The van der Waals surface area contributed by atoms with E-state index in [1.54, 1.807) is 17.2 Å². The summed E-state index contributed by atoms with van der Waals surface area (Å²) in [5.74, 6) is 0.441. The number of rotatable bonds is 7. The smallest absolute Gasteiger partial charge is 0.225 e. The van der Waals surface area contributed by atoms with E-state index in [-0.39, 0.29) is 36.0 Å². The van der Waals surface area contributed by atoms with Crippen molar-refractivity contribution in [2.75, 3.05) is 19.6 Å². The fourth-order valence-electron chi connectivity index (χ4n) is 2.70. The number of furan rings is 1. The molecule has 1 aliphatic carbocycles. The minimum atomic E-state index is -0.336. The van der Waals surface area contributed by atoms with E-state index >= 15 is 0 Å². The Morgan fingerprint density at radius 1 is 1.17 bits per heavy atom. The molecule has 1 saturated carbocycles. The van der Waals surface area contributed by atoms with Crippen molar-refractivity contribution in [2.45, 2.75) is 25.8 Å². The van der Waals surface area contributed by atoms with Gasteiger partial charge in [0.1, 0.15) is 5.76 Å². The molecule has 3 amide bonds. The molecule has 0 radical (unpaired) electrons. The van der Waals surface area contributed by atoms with Crippen LogP contribution in [0.3, 0.4) is 0 Å². The van der Waals surface area contributed by atoms with Crippen LogP contribution in [0.2, 0.25) is 0 Å². The van der Waals surface area contributed by atoms with Gasteiger partial charge in [0, 0.05) is 32.0 Å². The molecule has 124 valence electrons. The summed E-state index contributed by atoms with van der Waals surface area (Å²) in [4.78, 5) is 37.2. The summed E-state index contributed by atoms with van der Waals surface area (Å²) < 4.78 is 5.23. The fraction of sp³-hybridized carbons (Fsp3) is 0.562. The summed E-state index contributed by atoms with van der Waals surface area (Å²) in [6, 6.07) is 3.58. The normalized spacial score (nSPS) is 20.6. The third-order valence-corrected chi connectivity index (χ3v) is 4.18. The Bertz CT molecular complexity index is 580. The van der Waals surface area contributed by atoms with Crippen molar-refractivity contribution in [2.24, 2.45) is 11.8 Å². The quantitative estimate of drug-likeness (QED) is 0.706. The summed E-state index contributed by atoms with van der Waals surface area (Å²) in [6.45, 7) is 1.62. The molecule has 23 heavy (non-hydrogen) atoms. The maximum Gasteiger partial charge on any atom is 0.225 e. The number of carbonyl (C=O) groups excluding carboxylic acids is 3. The van der Waals surface area contributed by atoms with Crippen LogP contribution in [0.1, 0.15) is 25.0 Å². The van der Waals surface area contributed by atoms with E-state index in [0.717, 1.165) is 12.8 Å². The lowest BCUT2D eigenvalue weighted by Gasteiger charge is -2.15. The molecule has 1 aliphatic heterocycles. The molecule has 7 heteroatoms. The molecular formula is C16H21N3O4. The van der Waals surface area contributed by atoms with Gasteiger partial charge < -0.3 is 20.0 Å². The SMILES string of the molecule is O=C(NCCNC(=O)[C@@H]1CC(=O)N(Cc2ccco2)C1)C1CC1. The molecule has 1 aromatic heterocycles. The van der Waals surface area contributed by atoms with Crippen LogP contribution < -0.4 is 10.6 Å². The van der Waals surface area contributed by atoms with Crippen LogP contribution in [0.4, 0.5) is 0 Å². The van der Waals surface area contributed by atoms with Crippen LogP contribution in [0.15, 0.2) is 22.8 Å². The molecule has 7 nitrogen and oxygen atoms in total. The summed E-state index contributed by atoms with van der Waals surface area (Å²) in [6.07, 6.45) is 3.72. The highest BCUT2D eigenvalue weighted by Gasteiger charge is 2.34. The zero-order valence-corrected chi connectivity index (χ0v) is 12.9. The van der Waals surface area contributed by atoms with E-state index in [2.05, 4.69) is 10.6 Å². The second-order valence-electron chi connectivity index (χ2n) is 6.11. The number of carbonyl (C=O) groups is 3. The van der Waals surface area contributed by atoms with Gasteiger partial charge in [-0.2, -0.15) is 0 Å². The number of hydrogen-bond donors (Lipinski definition) is 2. The predicted octanol–water partition coefficient (Wildman–Crippen LogP) is 0.270. The van der Waals surface area contributed by atoms with Crippen molar-refractivity contribution in [1.29, 1.82) is 0 Å². The van der Waals surface area contributed by atoms with Crippen LogP contribution >= 0.6 is 0 Å². The highest BCUT2D eigenvalue weighted by Crippen LogP contribution is 2.28. The molecule has 2 aliphatic rings. The summed E-state index contributed by atoms with van der Waals surface area (Å²) in [7, 11) is 0. The lowest BCUT2D eigenvalue weighted by molar-refractivity contribution is -0.129. The average molecular weight is 319 g/mol. The van der Waals surface area contributed by atoms with Crippen LogP contribution in [0, 0.1) is 11.8 Å². The molecule has 3 rings (SSSR count). The highest BCUT2D eigenvalue weighted by atomic mass is 16.3. The van der Waals surface area contributed by atoms with Crippen LogP contribution in [-0.2, 0) is 20.9 Å². The van der Waals surface area contributed by atoms with Crippen molar-refractivity contribution in [3.8, 4) is 0 Å². The molecule has 1 atom stereocenters. The molecule has 0 spiro atoms. The first-order valence-electron chi connectivity index (χ1n) is 7.99. The Labute approximate surface area is 134 Å². The standard InChI is InChI=1S/C16H21N3O4/c20-14-8-12(9-19(14)10-13-2-1-7-23-13)16(22)18-6-5-17-15(21)11-3-4-11/h1-2,7,11-12H,3-6,8-10H2,(H,17,21)(H,18,22)/t12-/m1/s1. The van der Waals surface area contributed by atoms with Gasteiger partial charge in [0.25, 0.3) is 0 Å². The lowest BCUT2D eigenvalue weighted by Crippen LogP contribution is -2.38. The zero-order chi connectivity index (χ0) is 16.2. The molecular weight excluding hydrogens is 298 g/mol. The van der Waals surface area contributed by atoms with Gasteiger partial charge in [-0.3, -0.25) is 14.4 Å². The fourth-order valence-corrected chi connectivity index (χ4v) is 2.70. The van der Waals surface area contributed by atoms with E-state index in [0.29, 0.717) is 31.9 Å². The summed E-state index contributed by atoms with van der Waals surface area (Å²) >= 11 is 0. The zero-order valence-electron chi connectivity index (χ0n) is 12.9. The molecule has 2 N–H and O–H groups in total. The third-order valence-electron chi connectivity index (χ3n) is 4.18. The second kappa shape index (κ2) is 6.85. The van der Waals surface area contributed by atoms with Crippen molar-refractivity contribution >= 4 is 17.7 Å². The van der Waals surface area contributed by atoms with Gasteiger partial charge in [0.15, 0.2) is 0 Å². The monoisotopic (exact) mass is 319 g/mol. The van der Waals surface area contributed by atoms with E-state index in [1.165, 1.54) is 0 Å². The first kappa shape index (κ1) is 15.6. The molecule has 2 fully saturated rings. The maximum absolute atomic E-state index is 12.1. The van der Waals surface area contributed by atoms with E-state index in [9.17, 15) is 14.4 Å². The molecule has 1 aromatic rings. The maximum atomic E-state index is 12.1. The largest absolute Gasteiger partial charge is 0.467 e. The highest BCUT2D eigenvalue weighted by molar-refractivity contribution is 5.89.